The predicted octanol–water partition coefficient (Wildman–Crippen LogP) is 0.767. The van der Waals surface area contributed by atoms with Crippen LogP contribution in [0.4, 0.5) is 5.69 Å². The Morgan fingerprint density at radius 2 is 2.12 bits per heavy atom. The van der Waals surface area contributed by atoms with Crippen LogP contribution in [-0.4, -0.2) is 31.2 Å². The normalized spacial score (nSPS) is 25.9. The van der Waals surface area contributed by atoms with Crippen molar-refractivity contribution in [2.24, 2.45) is 5.73 Å². The van der Waals surface area contributed by atoms with Gasteiger partial charge in [0.15, 0.2) is 0 Å². The summed E-state index contributed by atoms with van der Waals surface area (Å²) in [5, 5.41) is 0. The summed E-state index contributed by atoms with van der Waals surface area (Å²) in [6.07, 6.45) is 0. The van der Waals surface area contributed by atoms with Crippen molar-refractivity contribution in [2.75, 3.05) is 24.6 Å². The summed E-state index contributed by atoms with van der Waals surface area (Å²) in [6, 6.07) is 9.59. The number of nitrogens with two attached hydrogens (primary N) is 1. The first-order chi connectivity index (χ1) is 7.64. The SMILES string of the molecule is CC1(CN)CN(c2ccccc2)C(=O)CO1. The number of hydrogen-bond donors (Lipinski definition) is 1. The number of ether oxygens (including phenoxy) is 1. The highest BCUT2D eigenvalue weighted by atomic mass is 16.5. The molecule has 1 fully saturated rings. The number of amides is 1. The molecule has 1 aromatic rings. The van der Waals surface area contributed by atoms with Gasteiger partial charge in [-0.15, -0.1) is 0 Å². The second-order valence-corrected chi connectivity index (χ2v) is 4.26. The fourth-order valence-corrected chi connectivity index (χ4v) is 1.75. The van der Waals surface area contributed by atoms with Crippen molar-refractivity contribution in [1.29, 1.82) is 0 Å². The van der Waals surface area contributed by atoms with E-state index in [1.54, 1.807) is 4.90 Å². The van der Waals surface area contributed by atoms with E-state index >= 15 is 0 Å². The lowest BCUT2D eigenvalue weighted by atomic mass is 10.0. The van der Waals surface area contributed by atoms with E-state index in [-0.39, 0.29) is 12.5 Å². The van der Waals surface area contributed by atoms with Crippen LogP contribution in [0, 0.1) is 0 Å². The Morgan fingerprint density at radius 1 is 1.44 bits per heavy atom. The van der Waals surface area contributed by atoms with Crippen LogP contribution in [0.5, 0.6) is 0 Å². The summed E-state index contributed by atoms with van der Waals surface area (Å²) in [5.74, 6) is -0.0166. The van der Waals surface area contributed by atoms with Crippen LogP contribution < -0.4 is 10.6 Å². The maximum Gasteiger partial charge on any atom is 0.253 e. The lowest BCUT2D eigenvalue weighted by molar-refractivity contribution is -0.135. The van der Waals surface area contributed by atoms with Crippen LogP contribution in [0.2, 0.25) is 0 Å². The zero-order valence-corrected chi connectivity index (χ0v) is 9.35. The van der Waals surface area contributed by atoms with Gasteiger partial charge in [0.2, 0.25) is 0 Å². The van der Waals surface area contributed by atoms with Crippen molar-refractivity contribution >= 4 is 11.6 Å². The zero-order valence-electron chi connectivity index (χ0n) is 9.35. The van der Waals surface area contributed by atoms with Crippen molar-refractivity contribution in [3.63, 3.8) is 0 Å². The van der Waals surface area contributed by atoms with Gasteiger partial charge in [0.25, 0.3) is 5.91 Å². The topological polar surface area (TPSA) is 55.6 Å². The maximum atomic E-state index is 11.8. The monoisotopic (exact) mass is 220 g/mol. The van der Waals surface area contributed by atoms with Crippen LogP contribution in [0.3, 0.4) is 0 Å². The molecule has 2 rings (SSSR count). The summed E-state index contributed by atoms with van der Waals surface area (Å²) < 4.78 is 5.46. The minimum Gasteiger partial charge on any atom is -0.362 e. The Balaban J connectivity index is 2.23. The molecule has 4 nitrogen and oxygen atoms in total. The summed E-state index contributed by atoms with van der Waals surface area (Å²) in [6.45, 7) is 2.94. The standard InChI is InChI=1S/C12H16N2O2/c1-12(8-13)9-14(11(15)7-16-12)10-5-3-2-4-6-10/h2-6H,7-9,13H2,1H3. The maximum absolute atomic E-state index is 11.8. The van der Waals surface area contributed by atoms with E-state index in [1.165, 1.54) is 0 Å². The molecular weight excluding hydrogens is 204 g/mol. The van der Waals surface area contributed by atoms with E-state index in [2.05, 4.69) is 0 Å². The molecule has 0 saturated carbocycles. The molecule has 0 spiro atoms. The van der Waals surface area contributed by atoms with E-state index in [9.17, 15) is 4.79 Å². The molecule has 1 amide bonds. The molecule has 4 heteroatoms. The summed E-state index contributed by atoms with van der Waals surface area (Å²) in [4.78, 5) is 13.5. The largest absolute Gasteiger partial charge is 0.362 e. The Labute approximate surface area is 95.0 Å². The molecular formula is C12H16N2O2. The molecule has 1 heterocycles. The smallest absolute Gasteiger partial charge is 0.253 e. The third kappa shape index (κ3) is 2.08. The molecule has 16 heavy (non-hydrogen) atoms. The summed E-state index contributed by atoms with van der Waals surface area (Å²) >= 11 is 0. The van der Waals surface area contributed by atoms with Gasteiger partial charge in [0.1, 0.15) is 6.61 Å². The van der Waals surface area contributed by atoms with Crippen molar-refractivity contribution in [3.8, 4) is 0 Å². The van der Waals surface area contributed by atoms with Crippen LogP contribution >= 0.6 is 0 Å². The Morgan fingerprint density at radius 3 is 2.75 bits per heavy atom. The fraction of sp³-hybridized carbons (Fsp3) is 0.417. The number of rotatable bonds is 2. The first-order valence-corrected chi connectivity index (χ1v) is 5.34. The van der Waals surface area contributed by atoms with Gasteiger partial charge in [-0.25, -0.2) is 0 Å². The number of carbonyl (C=O) groups excluding carboxylic acids is 1. The van der Waals surface area contributed by atoms with Gasteiger partial charge >= 0.3 is 0 Å². The lowest BCUT2D eigenvalue weighted by Crippen LogP contribution is -2.56. The summed E-state index contributed by atoms with van der Waals surface area (Å²) in [5.41, 5.74) is 6.12. The van der Waals surface area contributed by atoms with Crippen molar-refractivity contribution in [3.05, 3.63) is 30.3 Å². The second kappa shape index (κ2) is 4.23. The van der Waals surface area contributed by atoms with Gasteiger partial charge in [-0.3, -0.25) is 4.79 Å². The molecule has 1 aliphatic heterocycles. The Hall–Kier alpha value is -1.39. The van der Waals surface area contributed by atoms with Gasteiger partial charge < -0.3 is 15.4 Å². The molecule has 1 aromatic carbocycles. The second-order valence-electron chi connectivity index (χ2n) is 4.26. The highest BCUT2D eigenvalue weighted by molar-refractivity contribution is 5.95. The third-order valence-corrected chi connectivity index (χ3v) is 2.84. The van der Waals surface area contributed by atoms with Crippen LogP contribution in [-0.2, 0) is 9.53 Å². The van der Waals surface area contributed by atoms with Crippen LogP contribution in [0.15, 0.2) is 30.3 Å². The van der Waals surface area contributed by atoms with E-state index in [0.29, 0.717) is 13.1 Å². The van der Waals surface area contributed by atoms with Crippen LogP contribution in [0.25, 0.3) is 0 Å². The molecule has 0 bridgehead atoms. The highest BCUT2D eigenvalue weighted by Gasteiger charge is 2.35. The zero-order chi connectivity index (χ0) is 11.6. The average Bonchev–Trinajstić information content (AvgIpc) is 2.34. The number of anilines is 1. The lowest BCUT2D eigenvalue weighted by Gasteiger charge is -2.39. The molecule has 0 aromatic heterocycles. The van der Waals surface area contributed by atoms with E-state index < -0.39 is 5.60 Å². The first-order valence-electron chi connectivity index (χ1n) is 5.34. The number of carbonyl (C=O) groups is 1. The first kappa shape index (κ1) is 11.1. The molecule has 2 N–H and O–H groups in total. The predicted molar refractivity (Wildman–Crippen MR) is 62.2 cm³/mol. The molecule has 1 saturated heterocycles. The molecule has 1 aliphatic rings. The van der Waals surface area contributed by atoms with Gasteiger partial charge in [0.05, 0.1) is 12.1 Å². The Bertz CT molecular complexity index is 380. The van der Waals surface area contributed by atoms with Crippen molar-refractivity contribution < 1.29 is 9.53 Å². The minimum atomic E-state index is -0.441. The molecule has 0 radical (unpaired) electrons. The highest BCUT2D eigenvalue weighted by Crippen LogP contribution is 2.23. The number of benzene rings is 1. The Kier molecular flexibility index (Phi) is 2.94. The minimum absolute atomic E-state index is 0.0166. The van der Waals surface area contributed by atoms with Gasteiger partial charge in [-0.05, 0) is 19.1 Å². The number of para-hydroxylation sites is 1. The number of morpholine rings is 1. The summed E-state index contributed by atoms with van der Waals surface area (Å²) in [7, 11) is 0. The van der Waals surface area contributed by atoms with Crippen molar-refractivity contribution in [1.82, 2.24) is 0 Å². The number of nitrogens with zero attached hydrogens (tertiary/aromatic N) is 1. The third-order valence-electron chi connectivity index (χ3n) is 2.84. The van der Waals surface area contributed by atoms with E-state index in [4.69, 9.17) is 10.5 Å². The molecule has 86 valence electrons. The van der Waals surface area contributed by atoms with Crippen molar-refractivity contribution in [2.45, 2.75) is 12.5 Å². The molecule has 0 aliphatic carbocycles. The van der Waals surface area contributed by atoms with Gasteiger partial charge in [-0.2, -0.15) is 0 Å². The quantitative estimate of drug-likeness (QED) is 0.800. The average molecular weight is 220 g/mol. The van der Waals surface area contributed by atoms with Gasteiger partial charge in [0, 0.05) is 12.2 Å². The molecule has 1 unspecified atom stereocenters. The van der Waals surface area contributed by atoms with E-state index in [1.807, 2.05) is 37.3 Å². The van der Waals surface area contributed by atoms with Gasteiger partial charge in [-0.1, -0.05) is 18.2 Å². The molecule has 1 atom stereocenters. The van der Waals surface area contributed by atoms with Crippen LogP contribution in [0.1, 0.15) is 6.92 Å². The van der Waals surface area contributed by atoms with E-state index in [0.717, 1.165) is 5.69 Å². The fourth-order valence-electron chi connectivity index (χ4n) is 1.75. The number of hydrogen-bond acceptors (Lipinski definition) is 3.